The van der Waals surface area contributed by atoms with Gasteiger partial charge in [0.1, 0.15) is 11.5 Å². The van der Waals surface area contributed by atoms with Gasteiger partial charge in [0.15, 0.2) is 11.6 Å². The number of methoxy groups -OCH3 is 2. The minimum atomic E-state index is -0.0644. The Morgan fingerprint density at radius 3 is 1.44 bits per heavy atom. The quantitative estimate of drug-likeness (QED) is 0.429. The number of carbonyl (C=O) groups excluding carboxylic acids is 2. The zero-order chi connectivity index (χ0) is 22.8. The van der Waals surface area contributed by atoms with Crippen LogP contribution in [0.15, 0.2) is 73.1 Å². The van der Waals surface area contributed by atoms with Crippen LogP contribution in [0.1, 0.15) is 46.4 Å². The predicted molar refractivity (Wildman–Crippen MR) is 125 cm³/mol. The molecule has 2 aromatic rings. The highest BCUT2D eigenvalue weighted by atomic mass is 16.5. The minimum Gasteiger partial charge on any atom is -0.497 e. The van der Waals surface area contributed by atoms with E-state index in [1.807, 2.05) is 0 Å². The highest BCUT2D eigenvalue weighted by molar-refractivity contribution is 6.05. The third-order valence-electron chi connectivity index (χ3n) is 5.61. The molecule has 0 unspecified atom stereocenters. The summed E-state index contributed by atoms with van der Waals surface area (Å²) in [5, 5.41) is 6.71. The van der Waals surface area contributed by atoms with Crippen LogP contribution >= 0.6 is 0 Å². The maximum absolute atomic E-state index is 12.3. The zero-order valence-electron chi connectivity index (χ0n) is 18.5. The van der Waals surface area contributed by atoms with Crippen molar-refractivity contribution < 1.29 is 19.1 Å². The first-order chi connectivity index (χ1) is 15.6. The second-order valence-electron chi connectivity index (χ2n) is 7.68. The minimum absolute atomic E-state index is 0.0644. The molecule has 1 saturated carbocycles. The van der Waals surface area contributed by atoms with Gasteiger partial charge in [-0.15, -0.1) is 0 Å². The molecule has 0 aromatic heterocycles. The molecule has 0 amide bonds. The summed E-state index contributed by atoms with van der Waals surface area (Å²) >= 11 is 0. The normalized spacial score (nSPS) is 18.4. The maximum Gasteiger partial charge on any atom is 0.187 e. The highest BCUT2D eigenvalue weighted by Gasteiger charge is 2.23. The average molecular weight is 435 g/mol. The number of hydrogen-bond donors (Lipinski definition) is 2. The fraction of sp³-hybridized carbons (Fsp3) is 0.308. The predicted octanol–water partition coefficient (Wildman–Crippen LogP) is 4.29. The molecule has 0 heterocycles. The van der Waals surface area contributed by atoms with E-state index in [0.717, 1.165) is 37.2 Å². The van der Waals surface area contributed by atoms with Crippen molar-refractivity contribution in [2.75, 3.05) is 14.2 Å². The summed E-state index contributed by atoms with van der Waals surface area (Å²) in [6.07, 6.45) is 10.8. The molecule has 2 aromatic carbocycles. The molecule has 0 bridgehead atoms. The second kappa shape index (κ2) is 11.7. The van der Waals surface area contributed by atoms with Gasteiger partial charge in [-0.25, -0.2) is 0 Å². The largest absolute Gasteiger partial charge is 0.497 e. The number of ketones is 2. The summed E-state index contributed by atoms with van der Waals surface area (Å²) < 4.78 is 10.2. The van der Waals surface area contributed by atoms with Crippen molar-refractivity contribution in [1.29, 1.82) is 0 Å². The molecule has 0 radical (unpaired) electrons. The van der Waals surface area contributed by atoms with Crippen LogP contribution in [0, 0.1) is 0 Å². The molecule has 2 atom stereocenters. The third kappa shape index (κ3) is 6.48. The molecule has 6 nitrogen and oxygen atoms in total. The maximum atomic E-state index is 12.3. The molecule has 1 aliphatic rings. The van der Waals surface area contributed by atoms with Gasteiger partial charge >= 0.3 is 0 Å². The van der Waals surface area contributed by atoms with Crippen LogP contribution in [0.5, 0.6) is 11.5 Å². The number of rotatable bonds is 10. The van der Waals surface area contributed by atoms with Crippen LogP contribution in [-0.2, 0) is 0 Å². The Kier molecular flexibility index (Phi) is 8.49. The molecule has 3 rings (SSSR count). The third-order valence-corrected chi connectivity index (χ3v) is 5.61. The molecule has 2 N–H and O–H groups in total. The Labute approximate surface area is 189 Å². The summed E-state index contributed by atoms with van der Waals surface area (Å²) in [5.74, 6) is 1.31. The zero-order valence-corrected chi connectivity index (χ0v) is 18.5. The molecule has 168 valence electrons. The molecule has 0 aliphatic heterocycles. The van der Waals surface area contributed by atoms with E-state index in [0.29, 0.717) is 11.1 Å². The molecule has 1 aliphatic carbocycles. The first-order valence-electron chi connectivity index (χ1n) is 10.8. The molecule has 32 heavy (non-hydrogen) atoms. The van der Waals surface area contributed by atoms with Gasteiger partial charge in [-0.2, -0.15) is 0 Å². The summed E-state index contributed by atoms with van der Waals surface area (Å²) in [5.41, 5.74) is 1.23. The Balaban J connectivity index is 1.52. The molecular formula is C26H30N2O4. The monoisotopic (exact) mass is 434 g/mol. The van der Waals surface area contributed by atoms with Crippen molar-refractivity contribution in [2.24, 2.45) is 0 Å². The van der Waals surface area contributed by atoms with Gasteiger partial charge in [-0.05, 0) is 61.4 Å². The SMILES string of the molecule is COc1ccc(C(=O)/C=C/N[C@@H]2CCCC[C@H]2N/C=C/C(=O)c2ccc(OC)cc2)cc1. The van der Waals surface area contributed by atoms with Crippen LogP contribution < -0.4 is 20.1 Å². The van der Waals surface area contributed by atoms with E-state index in [4.69, 9.17) is 9.47 Å². The van der Waals surface area contributed by atoms with Gasteiger partial charge in [0.2, 0.25) is 0 Å². The lowest BCUT2D eigenvalue weighted by molar-refractivity contribution is 0.103. The molecule has 0 saturated heterocycles. The highest BCUT2D eigenvalue weighted by Crippen LogP contribution is 2.19. The fourth-order valence-electron chi connectivity index (χ4n) is 3.73. The standard InChI is InChI=1S/C26H30N2O4/c1-31-21-11-7-19(8-12-21)25(29)15-17-27-23-5-3-4-6-24(23)28-18-16-26(30)20-9-13-22(32-2)14-10-20/h7-18,23-24,27-28H,3-6H2,1-2H3/b17-15+,18-16+/t23-,24-/m1/s1. The van der Waals surface area contributed by atoms with Gasteiger partial charge in [0.25, 0.3) is 0 Å². The van der Waals surface area contributed by atoms with Gasteiger partial charge in [-0.3, -0.25) is 9.59 Å². The number of benzene rings is 2. The number of ether oxygens (including phenoxy) is 2. The Morgan fingerprint density at radius 2 is 1.09 bits per heavy atom. The Bertz CT molecular complexity index is 869. The van der Waals surface area contributed by atoms with Crippen LogP contribution in [-0.4, -0.2) is 37.9 Å². The van der Waals surface area contributed by atoms with Crippen molar-refractivity contribution in [3.63, 3.8) is 0 Å². The van der Waals surface area contributed by atoms with Gasteiger partial charge in [-0.1, -0.05) is 12.8 Å². The molecule has 6 heteroatoms. The van der Waals surface area contributed by atoms with E-state index < -0.39 is 0 Å². The van der Waals surface area contributed by atoms with Crippen LogP contribution in [0.4, 0.5) is 0 Å². The topological polar surface area (TPSA) is 76.7 Å². The van der Waals surface area contributed by atoms with Crippen LogP contribution in [0.3, 0.4) is 0 Å². The Hall–Kier alpha value is -3.54. The van der Waals surface area contributed by atoms with Gasteiger partial charge in [0, 0.05) is 47.8 Å². The van der Waals surface area contributed by atoms with Gasteiger partial charge < -0.3 is 20.1 Å². The van der Waals surface area contributed by atoms with E-state index in [1.165, 1.54) is 0 Å². The number of nitrogens with one attached hydrogen (secondary N) is 2. The van der Waals surface area contributed by atoms with Crippen molar-refractivity contribution in [1.82, 2.24) is 10.6 Å². The number of hydrogen-bond acceptors (Lipinski definition) is 6. The summed E-state index contributed by atoms with van der Waals surface area (Å²) in [4.78, 5) is 24.7. The van der Waals surface area contributed by atoms with E-state index in [9.17, 15) is 9.59 Å². The Morgan fingerprint density at radius 1 is 0.719 bits per heavy atom. The van der Waals surface area contributed by atoms with Crippen molar-refractivity contribution in [3.8, 4) is 11.5 Å². The second-order valence-corrected chi connectivity index (χ2v) is 7.68. The fourth-order valence-corrected chi connectivity index (χ4v) is 3.73. The summed E-state index contributed by atoms with van der Waals surface area (Å²) in [6, 6.07) is 14.5. The van der Waals surface area contributed by atoms with E-state index >= 15 is 0 Å². The van der Waals surface area contributed by atoms with Crippen molar-refractivity contribution in [2.45, 2.75) is 37.8 Å². The lowest BCUT2D eigenvalue weighted by Gasteiger charge is -2.32. The van der Waals surface area contributed by atoms with Crippen LogP contribution in [0.2, 0.25) is 0 Å². The summed E-state index contributed by atoms with van der Waals surface area (Å²) in [6.45, 7) is 0. The molecule has 1 fully saturated rings. The molecule has 0 spiro atoms. The number of allylic oxidation sites excluding steroid dienone is 2. The first kappa shape index (κ1) is 23.1. The molecular weight excluding hydrogens is 404 g/mol. The summed E-state index contributed by atoms with van der Waals surface area (Å²) in [7, 11) is 3.19. The smallest absolute Gasteiger partial charge is 0.187 e. The van der Waals surface area contributed by atoms with Crippen molar-refractivity contribution >= 4 is 11.6 Å². The average Bonchev–Trinajstić information content (AvgIpc) is 2.85. The van der Waals surface area contributed by atoms with E-state index in [-0.39, 0.29) is 23.7 Å². The van der Waals surface area contributed by atoms with Crippen LogP contribution in [0.25, 0.3) is 0 Å². The first-order valence-corrected chi connectivity index (χ1v) is 10.8. The van der Waals surface area contributed by atoms with Gasteiger partial charge in [0.05, 0.1) is 14.2 Å². The van der Waals surface area contributed by atoms with E-state index in [1.54, 1.807) is 87.3 Å². The number of carbonyl (C=O) groups is 2. The van der Waals surface area contributed by atoms with E-state index in [2.05, 4.69) is 10.6 Å². The lowest BCUT2D eigenvalue weighted by Crippen LogP contribution is -2.46. The van der Waals surface area contributed by atoms with Crippen molar-refractivity contribution in [3.05, 3.63) is 84.2 Å². The lowest BCUT2D eigenvalue weighted by atomic mass is 9.90.